The summed E-state index contributed by atoms with van der Waals surface area (Å²) in [5, 5.41) is 3.15. The summed E-state index contributed by atoms with van der Waals surface area (Å²) in [5.74, 6) is 1.97. The van der Waals surface area contributed by atoms with Gasteiger partial charge in [-0.3, -0.25) is 0 Å². The first kappa shape index (κ1) is 17.4. The third-order valence-corrected chi connectivity index (χ3v) is 4.73. The van der Waals surface area contributed by atoms with Gasteiger partial charge in [0.1, 0.15) is 11.5 Å². The fraction of sp³-hybridized carbons (Fsp3) is 0.0455. The maximum atomic E-state index is 6.04. The number of hydrogen-bond donors (Lipinski definition) is 2. The summed E-state index contributed by atoms with van der Waals surface area (Å²) in [6.07, 6.45) is 2.07. The molecule has 0 amide bonds. The number of aliphatic imine (C=N–C) groups is 1. The zero-order chi connectivity index (χ0) is 18.6. The number of guanidine groups is 1. The third kappa shape index (κ3) is 4.20. The Hall–Kier alpha value is -3.05. The van der Waals surface area contributed by atoms with Crippen LogP contribution in [-0.2, 0) is 0 Å². The minimum atomic E-state index is -0.177. The monoisotopic (exact) mass is 419 g/mol. The van der Waals surface area contributed by atoms with Gasteiger partial charge in [0.2, 0.25) is 0 Å². The smallest absolute Gasteiger partial charge is 0.194 e. The lowest BCUT2D eigenvalue weighted by Crippen LogP contribution is -2.33. The lowest BCUT2D eigenvalue weighted by atomic mass is 10.0. The first-order chi connectivity index (χ1) is 13.2. The van der Waals surface area contributed by atoms with Crippen molar-refractivity contribution in [1.82, 2.24) is 5.32 Å². The van der Waals surface area contributed by atoms with Crippen molar-refractivity contribution < 1.29 is 4.74 Å². The van der Waals surface area contributed by atoms with Crippen molar-refractivity contribution >= 4 is 27.6 Å². The highest BCUT2D eigenvalue weighted by Gasteiger charge is 2.17. The maximum Gasteiger partial charge on any atom is 0.194 e. The number of halogens is 1. The molecule has 0 saturated carbocycles. The van der Waals surface area contributed by atoms with Crippen molar-refractivity contribution in [3.63, 3.8) is 0 Å². The molecule has 3 aromatic carbocycles. The Morgan fingerprint density at radius 1 is 0.889 bits per heavy atom. The lowest BCUT2D eigenvalue weighted by molar-refractivity contribution is 0.481. The molecule has 1 aliphatic heterocycles. The second kappa shape index (κ2) is 7.68. The molecule has 27 heavy (non-hydrogen) atoms. The number of rotatable bonds is 4. The van der Waals surface area contributed by atoms with Crippen LogP contribution in [0, 0.1) is 0 Å². The van der Waals surface area contributed by atoms with Crippen molar-refractivity contribution in [2.45, 2.75) is 6.04 Å². The van der Waals surface area contributed by atoms with Gasteiger partial charge in [-0.2, -0.15) is 0 Å². The molecule has 5 heteroatoms. The van der Waals surface area contributed by atoms with E-state index in [-0.39, 0.29) is 6.04 Å². The molecule has 0 fully saturated rings. The highest BCUT2D eigenvalue weighted by atomic mass is 79.9. The molecule has 0 radical (unpaired) electrons. The minimum absolute atomic E-state index is 0.177. The summed E-state index contributed by atoms with van der Waals surface area (Å²) < 4.78 is 6.97. The van der Waals surface area contributed by atoms with Gasteiger partial charge in [-0.1, -0.05) is 58.4 Å². The summed E-state index contributed by atoms with van der Waals surface area (Å²) in [6, 6.07) is 25.5. The summed E-state index contributed by atoms with van der Waals surface area (Å²) in [5.41, 5.74) is 9.05. The van der Waals surface area contributed by atoms with Crippen LogP contribution in [0.15, 0.2) is 94.4 Å². The SMILES string of the molecule is NC1=NC(c2cccc(Oc3ccccc3)c2)C=C(c2ccc(Br)cc2)N1. The molecule has 3 aromatic rings. The van der Waals surface area contributed by atoms with Crippen molar-refractivity contribution in [2.75, 3.05) is 0 Å². The molecule has 0 bridgehead atoms. The second-order valence-electron chi connectivity index (χ2n) is 6.16. The molecule has 134 valence electrons. The van der Waals surface area contributed by atoms with E-state index < -0.39 is 0 Å². The predicted molar refractivity (Wildman–Crippen MR) is 113 cm³/mol. The summed E-state index contributed by atoms with van der Waals surface area (Å²) in [4.78, 5) is 4.54. The molecule has 4 nitrogen and oxygen atoms in total. The first-order valence-corrected chi connectivity index (χ1v) is 9.37. The van der Waals surface area contributed by atoms with Crippen LogP contribution in [0.1, 0.15) is 17.2 Å². The molecule has 1 unspecified atom stereocenters. The average molecular weight is 420 g/mol. The van der Waals surface area contributed by atoms with Crippen molar-refractivity contribution in [3.8, 4) is 11.5 Å². The third-order valence-electron chi connectivity index (χ3n) is 4.20. The molecule has 3 N–H and O–H groups in total. The number of para-hydroxylation sites is 1. The second-order valence-corrected chi connectivity index (χ2v) is 7.07. The molecule has 0 saturated heterocycles. The van der Waals surface area contributed by atoms with E-state index >= 15 is 0 Å². The van der Waals surface area contributed by atoms with Crippen molar-refractivity contribution in [1.29, 1.82) is 0 Å². The van der Waals surface area contributed by atoms with E-state index in [4.69, 9.17) is 10.5 Å². The molecular formula is C22H18BrN3O. The zero-order valence-electron chi connectivity index (χ0n) is 14.5. The molecule has 1 atom stereocenters. The summed E-state index contributed by atoms with van der Waals surface area (Å²) in [6.45, 7) is 0. The van der Waals surface area contributed by atoms with Gasteiger partial charge in [-0.05, 0) is 53.6 Å². The highest BCUT2D eigenvalue weighted by Crippen LogP contribution is 2.30. The normalized spacial score (nSPS) is 16.1. The number of nitrogens with two attached hydrogens (primary N) is 1. The standard InChI is InChI=1S/C22H18BrN3O/c23-17-11-9-15(10-12-17)20-14-21(26-22(24)25-20)16-5-4-8-19(13-16)27-18-6-2-1-3-7-18/h1-14,21H,(H3,24,25,26). The Bertz CT molecular complexity index is 998. The number of hydrogen-bond acceptors (Lipinski definition) is 4. The van der Waals surface area contributed by atoms with Gasteiger partial charge in [0.05, 0.1) is 6.04 Å². The van der Waals surface area contributed by atoms with Gasteiger partial charge in [0, 0.05) is 10.2 Å². The number of benzene rings is 3. The van der Waals surface area contributed by atoms with Crippen LogP contribution in [0.3, 0.4) is 0 Å². The van der Waals surface area contributed by atoms with Gasteiger partial charge in [0.15, 0.2) is 5.96 Å². The molecule has 0 spiro atoms. The van der Waals surface area contributed by atoms with Gasteiger partial charge in [0.25, 0.3) is 0 Å². The Kier molecular flexibility index (Phi) is 4.94. The number of nitrogens with zero attached hydrogens (tertiary/aromatic N) is 1. The van der Waals surface area contributed by atoms with Crippen LogP contribution in [0.2, 0.25) is 0 Å². The quantitative estimate of drug-likeness (QED) is 0.607. The van der Waals surface area contributed by atoms with Gasteiger partial charge in [-0.15, -0.1) is 0 Å². The van der Waals surface area contributed by atoms with Gasteiger partial charge < -0.3 is 15.8 Å². The zero-order valence-corrected chi connectivity index (χ0v) is 16.1. The topological polar surface area (TPSA) is 59.6 Å². The Balaban J connectivity index is 1.62. The molecule has 0 aromatic heterocycles. The van der Waals surface area contributed by atoms with E-state index in [9.17, 15) is 0 Å². The lowest BCUT2D eigenvalue weighted by Gasteiger charge is -2.21. The van der Waals surface area contributed by atoms with E-state index in [2.05, 4.69) is 32.3 Å². The average Bonchev–Trinajstić information content (AvgIpc) is 2.69. The molecular weight excluding hydrogens is 402 g/mol. The van der Waals surface area contributed by atoms with Crippen LogP contribution in [0.25, 0.3) is 5.70 Å². The fourth-order valence-electron chi connectivity index (χ4n) is 2.91. The van der Waals surface area contributed by atoms with E-state index in [0.29, 0.717) is 5.96 Å². The minimum Gasteiger partial charge on any atom is -0.457 e. The van der Waals surface area contributed by atoms with E-state index in [1.54, 1.807) is 0 Å². The van der Waals surface area contributed by atoms with Crippen LogP contribution in [-0.4, -0.2) is 5.96 Å². The van der Waals surface area contributed by atoms with Gasteiger partial charge in [-0.25, -0.2) is 4.99 Å². The van der Waals surface area contributed by atoms with Crippen molar-refractivity contribution in [2.24, 2.45) is 10.7 Å². The van der Waals surface area contributed by atoms with Crippen LogP contribution in [0.5, 0.6) is 11.5 Å². The van der Waals surface area contributed by atoms with Gasteiger partial charge >= 0.3 is 0 Å². The van der Waals surface area contributed by atoms with E-state index in [1.165, 1.54) is 0 Å². The molecule has 0 aliphatic carbocycles. The Labute approximate surface area is 166 Å². The summed E-state index contributed by atoms with van der Waals surface area (Å²) in [7, 11) is 0. The molecule has 4 rings (SSSR count). The summed E-state index contributed by atoms with van der Waals surface area (Å²) >= 11 is 3.46. The fourth-order valence-corrected chi connectivity index (χ4v) is 3.18. The van der Waals surface area contributed by atoms with Crippen LogP contribution < -0.4 is 15.8 Å². The van der Waals surface area contributed by atoms with E-state index in [1.807, 2.05) is 78.9 Å². The number of nitrogens with one attached hydrogen (secondary N) is 1. The Morgan fingerprint density at radius 2 is 1.63 bits per heavy atom. The molecule has 1 heterocycles. The van der Waals surface area contributed by atoms with Crippen LogP contribution >= 0.6 is 15.9 Å². The first-order valence-electron chi connectivity index (χ1n) is 8.58. The van der Waals surface area contributed by atoms with Crippen molar-refractivity contribution in [3.05, 3.63) is 101 Å². The highest BCUT2D eigenvalue weighted by molar-refractivity contribution is 9.10. The maximum absolute atomic E-state index is 6.04. The Morgan fingerprint density at radius 3 is 2.41 bits per heavy atom. The molecule has 1 aliphatic rings. The predicted octanol–water partition coefficient (Wildman–Crippen LogP) is 5.24. The largest absolute Gasteiger partial charge is 0.457 e. The number of ether oxygens (including phenoxy) is 1. The van der Waals surface area contributed by atoms with Crippen LogP contribution in [0.4, 0.5) is 0 Å². The van der Waals surface area contributed by atoms with E-state index in [0.717, 1.165) is 32.8 Å².